The smallest absolute Gasteiger partial charge is 0.237 e. The summed E-state index contributed by atoms with van der Waals surface area (Å²) in [7, 11) is 0. The van der Waals surface area contributed by atoms with E-state index >= 15 is 0 Å². The van der Waals surface area contributed by atoms with Gasteiger partial charge >= 0.3 is 0 Å². The van der Waals surface area contributed by atoms with Crippen LogP contribution in [-0.4, -0.2) is 41.6 Å². The van der Waals surface area contributed by atoms with Crippen LogP contribution in [0.1, 0.15) is 13.3 Å². The molecule has 1 saturated heterocycles. The number of ether oxygens (including phenoxy) is 1. The summed E-state index contributed by atoms with van der Waals surface area (Å²) < 4.78 is 5.38. The number of amides is 1. The van der Waals surface area contributed by atoms with E-state index < -0.39 is 0 Å². The van der Waals surface area contributed by atoms with Crippen LogP contribution in [0.15, 0.2) is 18.3 Å². The predicted molar refractivity (Wildman–Crippen MR) is 77.8 cm³/mol. The molecule has 19 heavy (non-hydrogen) atoms. The summed E-state index contributed by atoms with van der Waals surface area (Å²) in [5.74, 6) is 2.58. The Bertz CT molecular complexity index is 422. The standard InChI is InChI=1S/C13H19N3O2S/c1-2-18-13-11(4-3-5-15-13)16-12(17)8-10-9-19-7-6-14-10/h3-5,10,14H,2,6-9H2,1H3,(H,16,17). The van der Waals surface area contributed by atoms with Crippen molar-refractivity contribution in [2.24, 2.45) is 0 Å². The lowest BCUT2D eigenvalue weighted by Crippen LogP contribution is -2.39. The van der Waals surface area contributed by atoms with Gasteiger partial charge in [-0.25, -0.2) is 4.98 Å². The fourth-order valence-corrected chi connectivity index (χ4v) is 2.86. The summed E-state index contributed by atoms with van der Waals surface area (Å²) in [4.78, 5) is 16.1. The fraction of sp³-hybridized carbons (Fsp3) is 0.538. The van der Waals surface area contributed by atoms with Crippen molar-refractivity contribution in [3.8, 4) is 5.88 Å². The van der Waals surface area contributed by atoms with Crippen molar-refractivity contribution in [1.29, 1.82) is 0 Å². The Morgan fingerprint density at radius 3 is 3.32 bits per heavy atom. The van der Waals surface area contributed by atoms with Gasteiger partial charge in [0.2, 0.25) is 11.8 Å². The highest BCUT2D eigenvalue weighted by Crippen LogP contribution is 2.21. The molecule has 1 unspecified atom stereocenters. The molecule has 1 amide bonds. The Hall–Kier alpha value is -1.27. The Kier molecular flexibility index (Phi) is 5.47. The van der Waals surface area contributed by atoms with Gasteiger partial charge in [0.05, 0.1) is 6.61 Å². The Morgan fingerprint density at radius 2 is 2.58 bits per heavy atom. The topological polar surface area (TPSA) is 63.2 Å². The quantitative estimate of drug-likeness (QED) is 0.856. The average Bonchev–Trinajstić information content (AvgIpc) is 2.42. The Labute approximate surface area is 117 Å². The van der Waals surface area contributed by atoms with Crippen LogP contribution >= 0.6 is 11.8 Å². The van der Waals surface area contributed by atoms with Crippen LogP contribution < -0.4 is 15.4 Å². The molecule has 2 heterocycles. The highest BCUT2D eigenvalue weighted by atomic mass is 32.2. The van der Waals surface area contributed by atoms with Gasteiger partial charge in [-0.1, -0.05) is 0 Å². The number of nitrogens with one attached hydrogen (secondary N) is 2. The van der Waals surface area contributed by atoms with Crippen LogP contribution in [0.3, 0.4) is 0 Å². The Morgan fingerprint density at radius 1 is 1.68 bits per heavy atom. The first-order valence-corrected chi connectivity index (χ1v) is 7.64. The first-order valence-electron chi connectivity index (χ1n) is 6.48. The number of anilines is 1. The van der Waals surface area contributed by atoms with Gasteiger partial charge < -0.3 is 15.4 Å². The normalized spacial score (nSPS) is 18.9. The van der Waals surface area contributed by atoms with E-state index in [9.17, 15) is 4.79 Å². The lowest BCUT2D eigenvalue weighted by molar-refractivity contribution is -0.116. The number of nitrogens with zero attached hydrogens (tertiary/aromatic N) is 1. The van der Waals surface area contributed by atoms with E-state index in [4.69, 9.17) is 4.74 Å². The molecule has 0 bridgehead atoms. The fourth-order valence-electron chi connectivity index (χ4n) is 1.91. The molecule has 1 aliphatic heterocycles. The number of rotatable bonds is 5. The average molecular weight is 281 g/mol. The molecule has 0 aliphatic carbocycles. The zero-order valence-electron chi connectivity index (χ0n) is 11.0. The van der Waals surface area contributed by atoms with Crippen molar-refractivity contribution in [2.45, 2.75) is 19.4 Å². The van der Waals surface area contributed by atoms with Crippen molar-refractivity contribution in [3.63, 3.8) is 0 Å². The van der Waals surface area contributed by atoms with E-state index in [1.54, 1.807) is 18.3 Å². The van der Waals surface area contributed by atoms with Crippen LogP contribution in [0.4, 0.5) is 5.69 Å². The number of hydrogen-bond acceptors (Lipinski definition) is 5. The molecule has 1 atom stereocenters. The number of thioether (sulfide) groups is 1. The predicted octanol–water partition coefficient (Wildman–Crippen LogP) is 1.51. The highest BCUT2D eigenvalue weighted by Gasteiger charge is 2.17. The molecule has 6 heteroatoms. The van der Waals surface area contributed by atoms with Crippen LogP contribution in [-0.2, 0) is 4.79 Å². The second-order valence-corrected chi connectivity index (χ2v) is 5.42. The number of carbonyl (C=O) groups excluding carboxylic acids is 1. The monoisotopic (exact) mass is 281 g/mol. The number of pyridine rings is 1. The molecule has 1 aliphatic rings. The SMILES string of the molecule is CCOc1ncccc1NC(=O)CC1CSCCN1. The van der Waals surface area contributed by atoms with E-state index in [0.29, 0.717) is 24.6 Å². The molecule has 0 spiro atoms. The first-order chi connectivity index (χ1) is 9.29. The van der Waals surface area contributed by atoms with Crippen molar-refractivity contribution >= 4 is 23.4 Å². The molecule has 1 aromatic rings. The number of aromatic nitrogens is 1. The minimum Gasteiger partial charge on any atom is -0.476 e. The third-order valence-corrected chi connectivity index (χ3v) is 3.89. The molecule has 2 N–H and O–H groups in total. The minimum atomic E-state index is -0.00560. The van der Waals surface area contributed by atoms with Crippen LogP contribution in [0, 0.1) is 0 Å². The van der Waals surface area contributed by atoms with E-state index in [-0.39, 0.29) is 11.9 Å². The molecule has 2 rings (SSSR count). The van der Waals surface area contributed by atoms with Gasteiger partial charge in [-0.3, -0.25) is 4.79 Å². The number of hydrogen-bond donors (Lipinski definition) is 2. The molecule has 0 aromatic carbocycles. The summed E-state index contributed by atoms with van der Waals surface area (Å²) in [6.45, 7) is 3.39. The maximum atomic E-state index is 12.0. The molecular formula is C13H19N3O2S. The van der Waals surface area contributed by atoms with Crippen molar-refractivity contribution in [3.05, 3.63) is 18.3 Å². The van der Waals surface area contributed by atoms with Gasteiger partial charge in [-0.15, -0.1) is 0 Å². The van der Waals surface area contributed by atoms with E-state index in [1.165, 1.54) is 0 Å². The molecule has 5 nitrogen and oxygen atoms in total. The minimum absolute atomic E-state index is 0.00560. The van der Waals surface area contributed by atoms with Crippen molar-refractivity contribution < 1.29 is 9.53 Å². The highest BCUT2D eigenvalue weighted by molar-refractivity contribution is 7.99. The lowest BCUT2D eigenvalue weighted by Gasteiger charge is -2.22. The molecule has 0 saturated carbocycles. The van der Waals surface area contributed by atoms with E-state index in [2.05, 4.69) is 15.6 Å². The number of carbonyl (C=O) groups is 1. The maximum Gasteiger partial charge on any atom is 0.237 e. The second-order valence-electron chi connectivity index (χ2n) is 4.27. The zero-order valence-corrected chi connectivity index (χ0v) is 11.8. The summed E-state index contributed by atoms with van der Waals surface area (Å²) >= 11 is 1.88. The molecule has 104 valence electrons. The molecule has 1 aromatic heterocycles. The third-order valence-electron chi connectivity index (χ3n) is 2.76. The van der Waals surface area contributed by atoms with Crippen LogP contribution in [0.5, 0.6) is 5.88 Å². The Balaban J connectivity index is 1.90. The van der Waals surface area contributed by atoms with Crippen molar-refractivity contribution in [2.75, 3.05) is 30.0 Å². The largest absolute Gasteiger partial charge is 0.476 e. The van der Waals surface area contributed by atoms with Gasteiger partial charge in [0, 0.05) is 36.7 Å². The third kappa shape index (κ3) is 4.40. The molecule has 1 fully saturated rings. The van der Waals surface area contributed by atoms with E-state index in [1.807, 2.05) is 18.7 Å². The molecule has 0 radical (unpaired) electrons. The van der Waals surface area contributed by atoms with Gasteiger partial charge in [0.25, 0.3) is 0 Å². The summed E-state index contributed by atoms with van der Waals surface area (Å²) in [6.07, 6.45) is 2.13. The van der Waals surface area contributed by atoms with Gasteiger partial charge in [0.15, 0.2) is 0 Å². The summed E-state index contributed by atoms with van der Waals surface area (Å²) in [6, 6.07) is 3.84. The second kappa shape index (κ2) is 7.35. The lowest BCUT2D eigenvalue weighted by atomic mass is 10.2. The van der Waals surface area contributed by atoms with Gasteiger partial charge in [0.1, 0.15) is 5.69 Å². The maximum absolute atomic E-state index is 12.0. The van der Waals surface area contributed by atoms with Crippen LogP contribution in [0.2, 0.25) is 0 Å². The van der Waals surface area contributed by atoms with Crippen molar-refractivity contribution in [1.82, 2.24) is 10.3 Å². The molecular weight excluding hydrogens is 262 g/mol. The summed E-state index contributed by atoms with van der Waals surface area (Å²) in [5.41, 5.74) is 0.637. The first kappa shape index (κ1) is 14.1. The summed E-state index contributed by atoms with van der Waals surface area (Å²) in [5, 5.41) is 6.21. The van der Waals surface area contributed by atoms with Gasteiger partial charge in [-0.05, 0) is 19.1 Å². The van der Waals surface area contributed by atoms with E-state index in [0.717, 1.165) is 18.1 Å². The van der Waals surface area contributed by atoms with Gasteiger partial charge in [-0.2, -0.15) is 11.8 Å². The zero-order chi connectivity index (χ0) is 13.5. The van der Waals surface area contributed by atoms with Crippen LogP contribution in [0.25, 0.3) is 0 Å².